The summed E-state index contributed by atoms with van der Waals surface area (Å²) >= 11 is 0. The van der Waals surface area contributed by atoms with Gasteiger partial charge in [0.2, 0.25) is 23.6 Å². The van der Waals surface area contributed by atoms with Crippen LogP contribution in [-0.4, -0.2) is 92.2 Å². The molecule has 16 heteroatoms. The Morgan fingerprint density at radius 1 is 0.765 bits per heavy atom. The number of nitrogens with two attached hydrogens (primary N) is 2. The lowest BCUT2D eigenvalue weighted by Gasteiger charge is -2.26. The van der Waals surface area contributed by atoms with E-state index in [4.69, 9.17) is 26.8 Å². The molecule has 0 aliphatic rings. The van der Waals surface area contributed by atoms with Gasteiger partial charge in [0, 0.05) is 12.8 Å². The number of aliphatic hydroxyl groups excluding tert-OH is 1. The van der Waals surface area contributed by atoms with Crippen LogP contribution in [0.4, 0.5) is 0 Å². The summed E-state index contributed by atoms with van der Waals surface area (Å²) < 4.78 is 0. The minimum atomic E-state index is -1.78. The van der Waals surface area contributed by atoms with Gasteiger partial charge in [-0.1, -0.05) is 0 Å². The molecule has 0 aromatic carbocycles. The summed E-state index contributed by atoms with van der Waals surface area (Å²) in [6.07, 6.45) is -4.05. The number of hydrogen-bond acceptors (Lipinski definition) is 9. The number of nitrogens with one attached hydrogen (secondary N) is 3. The van der Waals surface area contributed by atoms with Gasteiger partial charge < -0.3 is 47.8 Å². The summed E-state index contributed by atoms with van der Waals surface area (Å²) in [6.45, 7) is 1.07. The zero-order valence-electron chi connectivity index (χ0n) is 18.2. The summed E-state index contributed by atoms with van der Waals surface area (Å²) in [5.41, 5.74) is 10.5. The van der Waals surface area contributed by atoms with E-state index in [9.17, 15) is 38.7 Å². The summed E-state index contributed by atoms with van der Waals surface area (Å²) in [7, 11) is 0. The molecule has 0 bridgehead atoms. The van der Waals surface area contributed by atoms with Gasteiger partial charge in [-0.3, -0.25) is 28.8 Å². The average Bonchev–Trinajstić information content (AvgIpc) is 2.71. The van der Waals surface area contributed by atoms with Crippen molar-refractivity contribution in [2.24, 2.45) is 11.5 Å². The van der Waals surface area contributed by atoms with E-state index in [0.29, 0.717) is 0 Å². The smallest absolute Gasteiger partial charge is 0.326 e. The zero-order valence-corrected chi connectivity index (χ0v) is 18.2. The number of carboxylic acid groups (broad SMARTS) is 3. The number of carbonyl (C=O) groups is 7. The summed E-state index contributed by atoms with van der Waals surface area (Å²) in [4.78, 5) is 81.0. The van der Waals surface area contributed by atoms with Crippen molar-refractivity contribution in [2.75, 3.05) is 0 Å². The molecule has 0 aromatic heterocycles. The number of carbonyl (C=O) groups excluding carboxylic acids is 4. The topological polar surface area (TPSA) is 289 Å². The van der Waals surface area contributed by atoms with E-state index >= 15 is 0 Å². The summed E-state index contributed by atoms with van der Waals surface area (Å²) in [6, 6.07) is -6.49. The monoisotopic (exact) mass is 491 g/mol. The maximum atomic E-state index is 12.6. The predicted molar refractivity (Wildman–Crippen MR) is 111 cm³/mol. The number of rotatable bonds is 16. The Morgan fingerprint density at radius 2 is 1.32 bits per heavy atom. The van der Waals surface area contributed by atoms with Crippen LogP contribution in [0.15, 0.2) is 0 Å². The molecule has 0 spiro atoms. The molecule has 0 radical (unpaired) electrons. The Kier molecular flexibility index (Phi) is 12.8. The molecule has 5 unspecified atom stereocenters. The zero-order chi connectivity index (χ0) is 26.6. The lowest BCUT2D eigenvalue weighted by molar-refractivity contribution is -0.145. The number of aliphatic carboxylic acids is 3. The molecule has 4 amide bonds. The van der Waals surface area contributed by atoms with E-state index < -0.39 is 91.1 Å². The molecule has 11 N–H and O–H groups in total. The lowest BCUT2D eigenvalue weighted by Crippen LogP contribution is -2.60. The molecule has 0 fully saturated rings. The van der Waals surface area contributed by atoms with Crippen molar-refractivity contribution < 1.29 is 54.0 Å². The van der Waals surface area contributed by atoms with Crippen LogP contribution < -0.4 is 27.4 Å². The maximum absolute atomic E-state index is 12.6. The quantitative estimate of drug-likeness (QED) is 0.0993. The van der Waals surface area contributed by atoms with Crippen LogP contribution >= 0.6 is 0 Å². The highest BCUT2D eigenvalue weighted by atomic mass is 16.4. The largest absolute Gasteiger partial charge is 0.481 e. The average molecular weight is 491 g/mol. The van der Waals surface area contributed by atoms with E-state index in [0.717, 1.165) is 6.92 Å². The first-order chi connectivity index (χ1) is 15.6. The second-order valence-corrected chi connectivity index (χ2v) is 7.33. The van der Waals surface area contributed by atoms with Gasteiger partial charge in [-0.25, -0.2) is 4.79 Å². The van der Waals surface area contributed by atoms with Gasteiger partial charge in [0.15, 0.2) is 0 Å². The van der Waals surface area contributed by atoms with Crippen LogP contribution in [-0.2, 0) is 33.6 Å². The molecule has 0 aromatic rings. The second kappa shape index (κ2) is 14.4. The molecule has 0 saturated heterocycles. The van der Waals surface area contributed by atoms with Crippen LogP contribution in [0.1, 0.15) is 39.0 Å². The lowest BCUT2D eigenvalue weighted by atomic mass is 10.1. The summed E-state index contributed by atoms with van der Waals surface area (Å²) in [5.74, 6) is -8.52. The van der Waals surface area contributed by atoms with Crippen LogP contribution in [0, 0.1) is 0 Å². The molecule has 0 saturated carbocycles. The number of carboxylic acids is 3. The molecular weight excluding hydrogens is 462 g/mol. The van der Waals surface area contributed by atoms with Crippen molar-refractivity contribution in [1.82, 2.24) is 16.0 Å². The van der Waals surface area contributed by atoms with Gasteiger partial charge in [-0.05, 0) is 19.8 Å². The number of amides is 4. The number of aliphatic hydroxyl groups is 1. The van der Waals surface area contributed by atoms with Crippen LogP contribution in [0.3, 0.4) is 0 Å². The van der Waals surface area contributed by atoms with Crippen molar-refractivity contribution in [2.45, 2.75) is 69.3 Å². The highest BCUT2D eigenvalue weighted by Gasteiger charge is 2.33. The van der Waals surface area contributed by atoms with Gasteiger partial charge >= 0.3 is 17.9 Å². The van der Waals surface area contributed by atoms with E-state index in [1.807, 2.05) is 10.6 Å². The molecule has 0 heterocycles. The minimum Gasteiger partial charge on any atom is -0.481 e. The fourth-order valence-corrected chi connectivity index (χ4v) is 2.54. The molecule has 0 aliphatic heterocycles. The first-order valence-corrected chi connectivity index (χ1v) is 9.95. The first kappa shape index (κ1) is 30.2. The van der Waals surface area contributed by atoms with Crippen molar-refractivity contribution in [3.63, 3.8) is 0 Å². The fourth-order valence-electron chi connectivity index (χ4n) is 2.54. The van der Waals surface area contributed by atoms with E-state index in [1.54, 1.807) is 0 Å². The number of hydrogen-bond donors (Lipinski definition) is 9. The highest BCUT2D eigenvalue weighted by molar-refractivity contribution is 5.96. The molecule has 16 nitrogen and oxygen atoms in total. The SMILES string of the molecule is CC(O)C(NC(=O)C(CC(=O)O)NC(=O)C(N)CCC(N)=O)C(=O)NC(CCC(=O)O)C(=O)O. The third-order valence-corrected chi connectivity index (χ3v) is 4.37. The van der Waals surface area contributed by atoms with Crippen LogP contribution in [0.2, 0.25) is 0 Å². The van der Waals surface area contributed by atoms with E-state index in [1.165, 1.54) is 0 Å². The Balaban J connectivity index is 5.42. The van der Waals surface area contributed by atoms with Crippen molar-refractivity contribution in [3.8, 4) is 0 Å². The molecule has 0 aliphatic carbocycles. The Morgan fingerprint density at radius 3 is 1.76 bits per heavy atom. The van der Waals surface area contributed by atoms with Gasteiger partial charge in [-0.2, -0.15) is 0 Å². The molecule has 192 valence electrons. The van der Waals surface area contributed by atoms with Gasteiger partial charge in [0.1, 0.15) is 18.1 Å². The highest BCUT2D eigenvalue weighted by Crippen LogP contribution is 2.04. The van der Waals surface area contributed by atoms with Gasteiger partial charge in [0.25, 0.3) is 0 Å². The van der Waals surface area contributed by atoms with E-state index in [2.05, 4.69) is 5.32 Å². The van der Waals surface area contributed by atoms with Gasteiger partial charge in [-0.15, -0.1) is 0 Å². The first-order valence-electron chi connectivity index (χ1n) is 9.95. The van der Waals surface area contributed by atoms with Crippen LogP contribution in [0.25, 0.3) is 0 Å². The minimum absolute atomic E-state index is 0.186. The number of primary amides is 1. The third kappa shape index (κ3) is 11.7. The summed E-state index contributed by atoms with van der Waals surface area (Å²) in [5, 5.41) is 42.8. The molecule has 34 heavy (non-hydrogen) atoms. The fraction of sp³-hybridized carbons (Fsp3) is 0.611. The molecule has 5 atom stereocenters. The standard InChI is InChI=1S/C18H29N5O11/c1-7(24)14(17(32)21-9(18(33)34)3-5-12(26)27)23-16(31)10(6-13(28)29)22-15(30)8(19)2-4-11(20)25/h7-10,14,24H,2-6,19H2,1H3,(H2,20,25)(H,21,32)(H,22,30)(H,23,31)(H,26,27)(H,28,29)(H,33,34). The van der Waals surface area contributed by atoms with Crippen molar-refractivity contribution in [3.05, 3.63) is 0 Å². The molecule has 0 rings (SSSR count). The Hall–Kier alpha value is -3.79. The molecular formula is C18H29N5O11. The predicted octanol–water partition coefficient (Wildman–Crippen LogP) is -4.16. The Bertz CT molecular complexity index is 801. The van der Waals surface area contributed by atoms with Gasteiger partial charge in [0.05, 0.1) is 18.6 Å². The Labute approximate surface area is 193 Å². The van der Waals surface area contributed by atoms with Crippen LogP contribution in [0.5, 0.6) is 0 Å². The third-order valence-electron chi connectivity index (χ3n) is 4.37. The normalized spacial score (nSPS) is 15.0. The van der Waals surface area contributed by atoms with E-state index in [-0.39, 0.29) is 12.8 Å². The second-order valence-electron chi connectivity index (χ2n) is 7.33. The van der Waals surface area contributed by atoms with Crippen molar-refractivity contribution in [1.29, 1.82) is 0 Å². The van der Waals surface area contributed by atoms with Crippen molar-refractivity contribution >= 4 is 41.5 Å². The maximum Gasteiger partial charge on any atom is 0.326 e.